The van der Waals surface area contributed by atoms with Gasteiger partial charge in [-0.25, -0.2) is 0 Å². The van der Waals surface area contributed by atoms with Crippen molar-refractivity contribution >= 4 is 45.0 Å². The zero-order valence-corrected chi connectivity index (χ0v) is 16.7. The Kier molecular flexibility index (Phi) is 3.61. The van der Waals surface area contributed by atoms with Gasteiger partial charge in [-0.3, -0.25) is 0 Å². The van der Waals surface area contributed by atoms with Crippen LogP contribution in [0.2, 0.25) is 0 Å². The predicted octanol–water partition coefficient (Wildman–Crippen LogP) is 5.61. The molecule has 0 amide bonds. The molecule has 5 rings (SSSR count). The molecule has 136 valence electrons. The summed E-state index contributed by atoms with van der Waals surface area (Å²) in [5.41, 5.74) is 2.26. The van der Waals surface area contributed by atoms with Crippen molar-refractivity contribution in [3.63, 3.8) is 0 Å². The second-order valence-corrected chi connectivity index (χ2v) is 9.02. The molecule has 0 aliphatic carbocycles. The van der Waals surface area contributed by atoms with Gasteiger partial charge in [-0.05, 0) is 68.2 Å². The van der Waals surface area contributed by atoms with Gasteiger partial charge in [0.25, 0.3) is 0 Å². The summed E-state index contributed by atoms with van der Waals surface area (Å²) >= 11 is 1.74. The molecule has 0 spiro atoms. The topological polar surface area (TPSA) is 31.6 Å². The van der Waals surface area contributed by atoms with Crippen LogP contribution in [-0.4, -0.2) is 18.3 Å². The summed E-state index contributed by atoms with van der Waals surface area (Å²) in [4.78, 5) is 0. The summed E-state index contributed by atoms with van der Waals surface area (Å²) in [5, 5.41) is 4.40. The molecule has 4 aromatic rings. The molecule has 3 nitrogen and oxygen atoms in total. The molecular weight excluding hydrogens is 355 g/mol. The van der Waals surface area contributed by atoms with Gasteiger partial charge in [0.15, 0.2) is 0 Å². The van der Waals surface area contributed by atoms with E-state index in [0.717, 1.165) is 27.8 Å². The van der Waals surface area contributed by atoms with Gasteiger partial charge in [0.1, 0.15) is 11.3 Å². The van der Waals surface area contributed by atoms with E-state index in [1.165, 1.54) is 10.1 Å². The minimum absolute atomic E-state index is 0.366. The average Bonchev–Trinajstić information content (AvgIpc) is 3.30. The fourth-order valence-electron chi connectivity index (χ4n) is 3.58. The Morgan fingerprint density at radius 2 is 1.63 bits per heavy atom. The van der Waals surface area contributed by atoms with E-state index in [0.29, 0.717) is 0 Å². The molecule has 0 N–H and O–H groups in total. The van der Waals surface area contributed by atoms with E-state index in [1.807, 2.05) is 12.1 Å². The van der Waals surface area contributed by atoms with E-state index in [2.05, 4.69) is 69.5 Å². The Labute approximate surface area is 163 Å². The summed E-state index contributed by atoms with van der Waals surface area (Å²) in [5.74, 6) is 0.877. The van der Waals surface area contributed by atoms with E-state index >= 15 is 0 Å². The Bertz CT molecular complexity index is 1140. The van der Waals surface area contributed by atoms with Crippen LogP contribution in [0.5, 0.6) is 0 Å². The van der Waals surface area contributed by atoms with Crippen molar-refractivity contribution in [2.75, 3.05) is 0 Å². The van der Waals surface area contributed by atoms with Crippen molar-refractivity contribution in [1.82, 2.24) is 0 Å². The summed E-state index contributed by atoms with van der Waals surface area (Å²) in [6.07, 6.45) is 0. The molecule has 2 aromatic heterocycles. The van der Waals surface area contributed by atoms with Crippen LogP contribution in [0.3, 0.4) is 0 Å². The Hall–Kier alpha value is -2.08. The fourth-order valence-corrected chi connectivity index (χ4v) is 4.50. The van der Waals surface area contributed by atoms with Crippen molar-refractivity contribution in [2.45, 2.75) is 38.9 Å². The van der Waals surface area contributed by atoms with Gasteiger partial charge in [-0.15, -0.1) is 11.3 Å². The van der Waals surface area contributed by atoms with Gasteiger partial charge in [-0.2, -0.15) is 0 Å². The van der Waals surface area contributed by atoms with Crippen molar-refractivity contribution in [3.8, 4) is 11.3 Å². The highest BCUT2D eigenvalue weighted by atomic mass is 32.1. The van der Waals surface area contributed by atoms with E-state index in [9.17, 15) is 0 Å². The number of furan rings is 1. The molecule has 0 radical (unpaired) electrons. The lowest BCUT2D eigenvalue weighted by Crippen LogP contribution is -2.41. The molecule has 27 heavy (non-hydrogen) atoms. The van der Waals surface area contributed by atoms with Crippen LogP contribution in [0.15, 0.2) is 58.3 Å². The van der Waals surface area contributed by atoms with Crippen LogP contribution in [-0.2, 0) is 9.31 Å². The first-order chi connectivity index (χ1) is 12.9. The van der Waals surface area contributed by atoms with Crippen LogP contribution in [0.4, 0.5) is 0 Å². The predicted molar refractivity (Wildman–Crippen MR) is 113 cm³/mol. The Morgan fingerprint density at radius 3 is 2.41 bits per heavy atom. The first kappa shape index (κ1) is 17.1. The molecule has 1 aliphatic heterocycles. The highest BCUT2D eigenvalue weighted by Gasteiger charge is 2.52. The highest BCUT2D eigenvalue weighted by molar-refractivity contribution is 7.17. The van der Waals surface area contributed by atoms with Crippen molar-refractivity contribution in [1.29, 1.82) is 0 Å². The molecule has 1 aliphatic rings. The lowest BCUT2D eigenvalue weighted by atomic mass is 9.77. The lowest BCUT2D eigenvalue weighted by molar-refractivity contribution is 0.00578. The molecular formula is C22H21BO3S. The van der Waals surface area contributed by atoms with Gasteiger partial charge in [-0.1, -0.05) is 24.3 Å². The molecule has 0 saturated carbocycles. The van der Waals surface area contributed by atoms with Gasteiger partial charge in [0.2, 0.25) is 0 Å². The number of hydrogen-bond donors (Lipinski definition) is 0. The molecule has 0 unspecified atom stereocenters. The third kappa shape index (κ3) is 2.57. The first-order valence-electron chi connectivity index (χ1n) is 9.20. The van der Waals surface area contributed by atoms with Gasteiger partial charge in [0.05, 0.1) is 11.2 Å². The normalized spacial score (nSPS) is 18.6. The van der Waals surface area contributed by atoms with Crippen LogP contribution < -0.4 is 5.46 Å². The number of benzene rings is 2. The zero-order chi connectivity index (χ0) is 18.8. The van der Waals surface area contributed by atoms with E-state index < -0.39 is 7.12 Å². The van der Waals surface area contributed by atoms with Gasteiger partial charge in [0, 0.05) is 15.6 Å². The molecule has 0 bridgehead atoms. The molecule has 0 atom stereocenters. The maximum atomic E-state index is 6.27. The third-order valence-electron chi connectivity index (χ3n) is 5.85. The van der Waals surface area contributed by atoms with E-state index in [-0.39, 0.29) is 11.2 Å². The maximum absolute atomic E-state index is 6.27. The number of rotatable bonds is 2. The van der Waals surface area contributed by atoms with Crippen molar-refractivity contribution < 1.29 is 13.7 Å². The van der Waals surface area contributed by atoms with Crippen LogP contribution in [0.25, 0.3) is 32.4 Å². The van der Waals surface area contributed by atoms with Gasteiger partial charge >= 0.3 is 7.12 Å². The fraction of sp³-hybridized carbons (Fsp3) is 0.273. The van der Waals surface area contributed by atoms with Crippen LogP contribution >= 0.6 is 11.3 Å². The largest absolute Gasteiger partial charge is 0.495 e. The summed E-state index contributed by atoms with van der Waals surface area (Å²) in [7, 11) is -0.401. The minimum Gasteiger partial charge on any atom is -0.456 e. The first-order valence-corrected chi connectivity index (χ1v) is 10.1. The number of hydrogen-bond acceptors (Lipinski definition) is 4. The molecule has 3 heterocycles. The molecule has 1 saturated heterocycles. The SMILES string of the molecule is CC1(C)OB(c2cccc3oc(-c4cccc5ccsc45)cc23)OC1(C)C. The standard InChI is InChI=1S/C22H21BO3S/c1-21(2)22(3,4)26-23(25-21)17-9-6-10-18-16(17)13-19(24-18)15-8-5-7-14-11-12-27-20(14)15/h5-13H,1-4H3. The zero-order valence-electron chi connectivity index (χ0n) is 15.9. The summed E-state index contributed by atoms with van der Waals surface area (Å²) < 4.78 is 20.0. The Morgan fingerprint density at radius 1 is 0.889 bits per heavy atom. The van der Waals surface area contributed by atoms with Crippen LogP contribution in [0, 0.1) is 0 Å². The smallest absolute Gasteiger partial charge is 0.456 e. The second kappa shape index (κ2) is 5.71. The quantitative estimate of drug-likeness (QED) is 0.426. The van der Waals surface area contributed by atoms with E-state index in [4.69, 9.17) is 13.7 Å². The number of thiophene rings is 1. The maximum Gasteiger partial charge on any atom is 0.495 e. The van der Waals surface area contributed by atoms with Gasteiger partial charge < -0.3 is 13.7 Å². The molecule has 1 fully saturated rings. The summed E-state index contributed by atoms with van der Waals surface area (Å²) in [6.45, 7) is 8.30. The number of fused-ring (bicyclic) bond motifs is 2. The lowest BCUT2D eigenvalue weighted by Gasteiger charge is -2.32. The third-order valence-corrected chi connectivity index (χ3v) is 6.81. The second-order valence-electron chi connectivity index (χ2n) is 8.10. The van der Waals surface area contributed by atoms with Crippen molar-refractivity contribution in [3.05, 3.63) is 53.9 Å². The minimum atomic E-state index is -0.401. The molecule has 5 heteroatoms. The van der Waals surface area contributed by atoms with Crippen molar-refractivity contribution in [2.24, 2.45) is 0 Å². The summed E-state index contributed by atoms with van der Waals surface area (Å²) in [6, 6.07) is 16.6. The Balaban J connectivity index is 1.64. The molecule has 2 aromatic carbocycles. The highest BCUT2D eigenvalue weighted by Crippen LogP contribution is 2.38. The van der Waals surface area contributed by atoms with Crippen LogP contribution in [0.1, 0.15) is 27.7 Å². The monoisotopic (exact) mass is 376 g/mol. The average molecular weight is 376 g/mol. The van der Waals surface area contributed by atoms with E-state index in [1.54, 1.807) is 11.3 Å².